The number of hydrogen-bond donors (Lipinski definition) is 3. The number of benzene rings is 1. The minimum Gasteiger partial charge on any atom is -0.492 e. The number of hydrogen-bond acceptors (Lipinski definition) is 4. The van der Waals surface area contributed by atoms with Crippen molar-refractivity contribution in [2.75, 3.05) is 25.1 Å². The molecule has 1 aliphatic heterocycles. The zero-order chi connectivity index (χ0) is 19.8. The number of amides is 3. The number of carbonyl (C=O) groups excluding carboxylic acids is 2. The van der Waals surface area contributed by atoms with Gasteiger partial charge in [-0.2, -0.15) is 0 Å². The molecule has 7 nitrogen and oxygen atoms in total. The first kappa shape index (κ1) is 20.5. The SMILES string of the molecule is CCOc1ccccc1NC(=O)NC1(C(=O)NC[C@H]2CCCO2)CCCCC1. The Morgan fingerprint density at radius 2 is 1.96 bits per heavy atom. The smallest absolute Gasteiger partial charge is 0.320 e. The van der Waals surface area contributed by atoms with Gasteiger partial charge in [-0.3, -0.25) is 4.79 Å². The highest BCUT2D eigenvalue weighted by Gasteiger charge is 2.41. The summed E-state index contributed by atoms with van der Waals surface area (Å²) < 4.78 is 11.2. The first-order chi connectivity index (χ1) is 13.6. The van der Waals surface area contributed by atoms with Crippen LogP contribution < -0.4 is 20.7 Å². The minimum absolute atomic E-state index is 0.0801. The lowest BCUT2D eigenvalue weighted by Crippen LogP contribution is -2.61. The summed E-state index contributed by atoms with van der Waals surface area (Å²) in [5.74, 6) is 0.497. The van der Waals surface area contributed by atoms with E-state index in [1.165, 1.54) is 0 Å². The van der Waals surface area contributed by atoms with E-state index in [0.29, 0.717) is 37.4 Å². The monoisotopic (exact) mass is 389 g/mol. The molecule has 1 aromatic rings. The van der Waals surface area contributed by atoms with E-state index >= 15 is 0 Å². The third kappa shape index (κ3) is 5.16. The Bertz CT molecular complexity index is 667. The summed E-state index contributed by atoms with van der Waals surface area (Å²) in [5.41, 5.74) is -0.283. The fourth-order valence-electron chi connectivity index (χ4n) is 3.97. The van der Waals surface area contributed by atoms with E-state index in [-0.39, 0.29) is 18.0 Å². The van der Waals surface area contributed by atoms with Crippen LogP contribution in [-0.4, -0.2) is 43.3 Å². The Hall–Kier alpha value is -2.28. The second-order valence-corrected chi connectivity index (χ2v) is 7.50. The van der Waals surface area contributed by atoms with Gasteiger partial charge in [0.05, 0.1) is 18.4 Å². The minimum atomic E-state index is -0.874. The third-order valence-electron chi connectivity index (χ3n) is 5.44. The van der Waals surface area contributed by atoms with Gasteiger partial charge in [-0.25, -0.2) is 4.79 Å². The van der Waals surface area contributed by atoms with E-state index in [4.69, 9.17) is 9.47 Å². The van der Waals surface area contributed by atoms with Crippen molar-refractivity contribution in [3.05, 3.63) is 24.3 Å². The highest BCUT2D eigenvalue weighted by Crippen LogP contribution is 2.29. The van der Waals surface area contributed by atoms with Gasteiger partial charge in [0.15, 0.2) is 0 Å². The lowest BCUT2D eigenvalue weighted by Gasteiger charge is -2.36. The van der Waals surface area contributed by atoms with Crippen molar-refractivity contribution in [1.82, 2.24) is 10.6 Å². The standard InChI is InChI=1S/C21H31N3O4/c1-2-27-18-11-5-4-10-17(18)23-20(26)24-21(12-6-3-7-13-21)19(25)22-15-16-9-8-14-28-16/h4-5,10-11,16H,2-3,6-9,12-15H2,1H3,(H,22,25)(H2,23,24,26)/t16-/m1/s1. The molecule has 1 aliphatic carbocycles. The van der Waals surface area contributed by atoms with Gasteiger partial charge in [-0.15, -0.1) is 0 Å². The molecular formula is C21H31N3O4. The molecule has 3 rings (SSSR count). The zero-order valence-electron chi connectivity index (χ0n) is 16.6. The van der Waals surface area contributed by atoms with Crippen LogP contribution in [0.3, 0.4) is 0 Å². The van der Waals surface area contributed by atoms with E-state index in [9.17, 15) is 9.59 Å². The van der Waals surface area contributed by atoms with Gasteiger partial charge in [-0.05, 0) is 44.7 Å². The largest absolute Gasteiger partial charge is 0.492 e. The Morgan fingerprint density at radius 3 is 2.68 bits per heavy atom. The van der Waals surface area contributed by atoms with Crippen LogP contribution in [-0.2, 0) is 9.53 Å². The van der Waals surface area contributed by atoms with Gasteiger partial charge in [0.1, 0.15) is 11.3 Å². The van der Waals surface area contributed by atoms with Crippen molar-refractivity contribution >= 4 is 17.6 Å². The van der Waals surface area contributed by atoms with E-state index in [0.717, 1.165) is 38.7 Å². The Labute approximate surface area is 166 Å². The van der Waals surface area contributed by atoms with Crippen molar-refractivity contribution in [2.24, 2.45) is 0 Å². The summed E-state index contributed by atoms with van der Waals surface area (Å²) in [6.45, 7) is 3.66. The Morgan fingerprint density at radius 1 is 1.18 bits per heavy atom. The molecule has 0 radical (unpaired) electrons. The predicted molar refractivity (Wildman–Crippen MR) is 108 cm³/mol. The van der Waals surface area contributed by atoms with Crippen LogP contribution in [0.2, 0.25) is 0 Å². The van der Waals surface area contributed by atoms with E-state index in [1.807, 2.05) is 25.1 Å². The van der Waals surface area contributed by atoms with Crippen molar-refractivity contribution in [1.29, 1.82) is 0 Å². The van der Waals surface area contributed by atoms with Crippen LogP contribution in [0.5, 0.6) is 5.75 Å². The number of nitrogens with one attached hydrogen (secondary N) is 3. The molecule has 1 atom stereocenters. The van der Waals surface area contributed by atoms with Crippen molar-refractivity contribution in [3.63, 3.8) is 0 Å². The fraction of sp³-hybridized carbons (Fsp3) is 0.619. The number of carbonyl (C=O) groups is 2. The van der Waals surface area contributed by atoms with Crippen LogP contribution in [0.1, 0.15) is 51.9 Å². The summed E-state index contributed by atoms with van der Waals surface area (Å²) in [4.78, 5) is 25.7. The van der Waals surface area contributed by atoms with Crippen LogP contribution in [0, 0.1) is 0 Å². The van der Waals surface area contributed by atoms with Gasteiger partial charge in [0.25, 0.3) is 0 Å². The first-order valence-electron chi connectivity index (χ1n) is 10.3. The average Bonchev–Trinajstić information content (AvgIpc) is 3.22. The lowest BCUT2D eigenvalue weighted by molar-refractivity contribution is -0.129. The summed E-state index contributed by atoms with van der Waals surface area (Å²) >= 11 is 0. The number of para-hydroxylation sites is 2. The second kappa shape index (κ2) is 9.78. The van der Waals surface area contributed by atoms with Crippen molar-refractivity contribution in [3.8, 4) is 5.75 Å². The highest BCUT2D eigenvalue weighted by molar-refractivity contribution is 5.96. The summed E-state index contributed by atoms with van der Waals surface area (Å²) in [6.07, 6.45) is 6.29. The highest BCUT2D eigenvalue weighted by atomic mass is 16.5. The quantitative estimate of drug-likeness (QED) is 0.668. The summed E-state index contributed by atoms with van der Waals surface area (Å²) in [7, 11) is 0. The molecule has 0 bridgehead atoms. The summed E-state index contributed by atoms with van der Waals surface area (Å²) in [5, 5.41) is 8.81. The molecule has 3 amide bonds. The van der Waals surface area contributed by atoms with Gasteiger partial charge in [-0.1, -0.05) is 31.4 Å². The Balaban J connectivity index is 1.64. The first-order valence-corrected chi connectivity index (χ1v) is 10.3. The number of ether oxygens (including phenoxy) is 2. The molecule has 0 unspecified atom stereocenters. The molecule has 0 aromatic heterocycles. The molecule has 1 aromatic carbocycles. The van der Waals surface area contributed by atoms with Crippen LogP contribution in [0.15, 0.2) is 24.3 Å². The Kier molecular flexibility index (Phi) is 7.14. The van der Waals surface area contributed by atoms with Gasteiger partial charge < -0.3 is 25.4 Å². The van der Waals surface area contributed by atoms with Crippen LogP contribution in [0.25, 0.3) is 0 Å². The molecule has 7 heteroatoms. The maximum Gasteiger partial charge on any atom is 0.320 e. The molecule has 1 saturated carbocycles. The molecule has 1 saturated heterocycles. The predicted octanol–water partition coefficient (Wildman–Crippen LogP) is 3.20. The van der Waals surface area contributed by atoms with E-state index in [1.54, 1.807) is 6.07 Å². The average molecular weight is 389 g/mol. The van der Waals surface area contributed by atoms with Crippen LogP contribution >= 0.6 is 0 Å². The molecule has 154 valence electrons. The topological polar surface area (TPSA) is 88.7 Å². The molecule has 2 aliphatic rings. The zero-order valence-corrected chi connectivity index (χ0v) is 16.6. The van der Waals surface area contributed by atoms with Crippen molar-refractivity contribution < 1.29 is 19.1 Å². The maximum absolute atomic E-state index is 13.0. The molecule has 3 N–H and O–H groups in total. The second-order valence-electron chi connectivity index (χ2n) is 7.50. The molecule has 1 heterocycles. The maximum atomic E-state index is 13.0. The van der Waals surface area contributed by atoms with Gasteiger partial charge in [0.2, 0.25) is 5.91 Å². The molecule has 28 heavy (non-hydrogen) atoms. The van der Waals surface area contributed by atoms with Crippen LogP contribution in [0.4, 0.5) is 10.5 Å². The molecular weight excluding hydrogens is 358 g/mol. The fourth-order valence-corrected chi connectivity index (χ4v) is 3.97. The van der Waals surface area contributed by atoms with Gasteiger partial charge >= 0.3 is 6.03 Å². The normalized spacial score (nSPS) is 21.0. The lowest BCUT2D eigenvalue weighted by atomic mass is 9.81. The number of urea groups is 1. The third-order valence-corrected chi connectivity index (χ3v) is 5.44. The van der Waals surface area contributed by atoms with E-state index < -0.39 is 5.54 Å². The molecule has 2 fully saturated rings. The summed E-state index contributed by atoms with van der Waals surface area (Å²) in [6, 6.07) is 6.90. The number of anilines is 1. The number of rotatable bonds is 7. The molecule has 0 spiro atoms. The van der Waals surface area contributed by atoms with E-state index in [2.05, 4.69) is 16.0 Å². The van der Waals surface area contributed by atoms with Gasteiger partial charge in [0, 0.05) is 13.2 Å². The van der Waals surface area contributed by atoms with Crippen molar-refractivity contribution in [2.45, 2.75) is 63.5 Å².